The van der Waals surface area contributed by atoms with Gasteiger partial charge in [-0.3, -0.25) is 4.79 Å². The molecule has 0 aliphatic carbocycles. The van der Waals surface area contributed by atoms with Gasteiger partial charge in [-0.15, -0.1) is 0 Å². The van der Waals surface area contributed by atoms with E-state index in [-0.39, 0.29) is 13.4 Å². The smallest absolute Gasteiger partial charge is 0.302 e. The average Bonchev–Trinajstić information content (AvgIpc) is 1.61. The Hall–Kier alpha value is -0.530. The average molecular weight is 118 g/mol. The van der Waals surface area contributed by atoms with Gasteiger partial charge in [-0.1, -0.05) is 14.4 Å². The van der Waals surface area contributed by atoms with Gasteiger partial charge in [0.25, 0.3) is 0 Å². The normalized spacial score (nSPS) is 7.25. The zero-order valence-electron chi connectivity index (χ0n) is 4.73. The van der Waals surface area contributed by atoms with E-state index in [2.05, 4.69) is 4.74 Å². The third kappa shape index (κ3) is 9.08. The Morgan fingerprint density at radius 2 is 2.12 bits per heavy atom. The van der Waals surface area contributed by atoms with Crippen LogP contribution in [0, 0.1) is 0 Å². The molecule has 0 aliphatic heterocycles. The quantitative estimate of drug-likeness (QED) is 0.515. The van der Waals surface area contributed by atoms with Crippen molar-refractivity contribution in [2.75, 3.05) is 6.61 Å². The van der Waals surface area contributed by atoms with E-state index < -0.39 is 0 Å². The lowest BCUT2D eigenvalue weighted by atomic mass is 10.5. The lowest BCUT2D eigenvalue weighted by Gasteiger charge is -1.93. The van der Waals surface area contributed by atoms with Crippen molar-refractivity contribution in [3.63, 3.8) is 0 Å². The Bertz CT molecular complexity index is 59.5. The van der Waals surface area contributed by atoms with Crippen molar-refractivity contribution in [2.45, 2.75) is 27.7 Å². The Labute approximate surface area is 50.8 Å². The SMILES string of the molecule is C.CCCOC(C)=O. The van der Waals surface area contributed by atoms with E-state index in [0.717, 1.165) is 6.42 Å². The molecule has 2 heteroatoms. The third-order valence-corrected chi connectivity index (χ3v) is 0.509. The fourth-order valence-corrected chi connectivity index (χ4v) is 0.246. The monoisotopic (exact) mass is 118 g/mol. The van der Waals surface area contributed by atoms with E-state index in [1.165, 1.54) is 6.92 Å². The van der Waals surface area contributed by atoms with E-state index >= 15 is 0 Å². The zero-order chi connectivity index (χ0) is 5.70. The Morgan fingerprint density at radius 3 is 2.25 bits per heavy atom. The van der Waals surface area contributed by atoms with Crippen LogP contribution >= 0.6 is 0 Å². The zero-order valence-corrected chi connectivity index (χ0v) is 4.73. The first-order chi connectivity index (χ1) is 3.27. The third-order valence-electron chi connectivity index (χ3n) is 0.509. The number of hydrogen-bond donors (Lipinski definition) is 0. The summed E-state index contributed by atoms with van der Waals surface area (Å²) < 4.78 is 4.55. The summed E-state index contributed by atoms with van der Waals surface area (Å²) in [6, 6.07) is 0. The summed E-state index contributed by atoms with van der Waals surface area (Å²) in [5.41, 5.74) is 0. The van der Waals surface area contributed by atoms with Crippen LogP contribution in [0.2, 0.25) is 0 Å². The van der Waals surface area contributed by atoms with Gasteiger partial charge in [0.1, 0.15) is 0 Å². The molecule has 0 radical (unpaired) electrons. The molecule has 0 saturated carbocycles. The summed E-state index contributed by atoms with van der Waals surface area (Å²) >= 11 is 0. The second-order valence-electron chi connectivity index (χ2n) is 1.34. The summed E-state index contributed by atoms with van der Waals surface area (Å²) in [5, 5.41) is 0. The minimum absolute atomic E-state index is 0. The molecule has 0 heterocycles. The highest BCUT2D eigenvalue weighted by Gasteiger charge is 1.85. The molecular formula is C6H14O2. The van der Waals surface area contributed by atoms with Crippen LogP contribution in [-0.2, 0) is 9.53 Å². The summed E-state index contributed by atoms with van der Waals surface area (Å²) in [6.45, 7) is 3.92. The van der Waals surface area contributed by atoms with Gasteiger partial charge < -0.3 is 4.74 Å². The van der Waals surface area contributed by atoms with E-state index in [0.29, 0.717) is 6.61 Å². The summed E-state index contributed by atoms with van der Waals surface area (Å²) in [4.78, 5) is 9.98. The van der Waals surface area contributed by atoms with Crippen molar-refractivity contribution in [2.24, 2.45) is 0 Å². The van der Waals surface area contributed by atoms with Crippen LogP contribution in [-0.4, -0.2) is 12.6 Å². The Balaban J connectivity index is 0. The van der Waals surface area contributed by atoms with Crippen LogP contribution in [0.4, 0.5) is 0 Å². The fourth-order valence-electron chi connectivity index (χ4n) is 0.246. The van der Waals surface area contributed by atoms with Crippen LogP contribution in [0.25, 0.3) is 0 Å². The molecule has 0 unspecified atom stereocenters. The molecule has 0 saturated heterocycles. The first kappa shape index (κ1) is 10.5. The van der Waals surface area contributed by atoms with Gasteiger partial charge >= 0.3 is 5.97 Å². The lowest BCUT2D eigenvalue weighted by molar-refractivity contribution is -0.140. The number of esters is 1. The predicted octanol–water partition coefficient (Wildman–Crippen LogP) is 1.60. The van der Waals surface area contributed by atoms with E-state index in [9.17, 15) is 4.79 Å². The van der Waals surface area contributed by atoms with Crippen molar-refractivity contribution in [1.29, 1.82) is 0 Å². The van der Waals surface area contributed by atoms with Gasteiger partial charge in [-0.2, -0.15) is 0 Å². The van der Waals surface area contributed by atoms with Gasteiger partial charge in [0.2, 0.25) is 0 Å². The van der Waals surface area contributed by atoms with E-state index in [1.807, 2.05) is 6.92 Å². The molecule has 50 valence electrons. The fraction of sp³-hybridized carbons (Fsp3) is 0.833. The standard InChI is InChI=1S/C5H10O2.CH4/c1-3-4-7-5(2)6;/h3-4H2,1-2H3;1H4. The molecule has 0 aromatic heterocycles. The number of rotatable bonds is 2. The largest absolute Gasteiger partial charge is 0.466 e. The van der Waals surface area contributed by atoms with Crippen molar-refractivity contribution in [1.82, 2.24) is 0 Å². The van der Waals surface area contributed by atoms with Crippen molar-refractivity contribution < 1.29 is 9.53 Å². The van der Waals surface area contributed by atoms with Gasteiger partial charge in [0, 0.05) is 6.92 Å². The molecule has 0 amide bonds. The molecule has 0 aromatic rings. The number of carbonyl (C=O) groups excluding carboxylic acids is 1. The summed E-state index contributed by atoms with van der Waals surface area (Å²) in [6.07, 6.45) is 0.902. The van der Waals surface area contributed by atoms with Crippen LogP contribution < -0.4 is 0 Å². The molecular weight excluding hydrogens is 104 g/mol. The van der Waals surface area contributed by atoms with Gasteiger partial charge in [-0.05, 0) is 6.42 Å². The van der Waals surface area contributed by atoms with Crippen LogP contribution in [0.5, 0.6) is 0 Å². The summed E-state index contributed by atoms with van der Waals surface area (Å²) in [7, 11) is 0. The Morgan fingerprint density at radius 1 is 1.62 bits per heavy atom. The van der Waals surface area contributed by atoms with E-state index in [1.54, 1.807) is 0 Å². The Kier molecular flexibility index (Phi) is 8.45. The highest BCUT2D eigenvalue weighted by Crippen LogP contribution is 1.78. The molecule has 0 atom stereocenters. The van der Waals surface area contributed by atoms with E-state index in [4.69, 9.17) is 0 Å². The summed E-state index contributed by atoms with van der Waals surface area (Å²) in [5.74, 6) is -0.193. The molecule has 0 bridgehead atoms. The topological polar surface area (TPSA) is 26.3 Å². The lowest BCUT2D eigenvalue weighted by Crippen LogP contribution is -1.98. The van der Waals surface area contributed by atoms with Crippen molar-refractivity contribution in [3.05, 3.63) is 0 Å². The predicted molar refractivity (Wildman–Crippen MR) is 33.7 cm³/mol. The maximum absolute atomic E-state index is 9.98. The number of ether oxygens (including phenoxy) is 1. The van der Waals surface area contributed by atoms with Gasteiger partial charge in [0.05, 0.1) is 6.61 Å². The molecule has 0 rings (SSSR count). The maximum Gasteiger partial charge on any atom is 0.302 e. The number of carbonyl (C=O) groups is 1. The second kappa shape index (κ2) is 6.47. The minimum Gasteiger partial charge on any atom is -0.466 e. The van der Waals surface area contributed by atoms with Crippen LogP contribution in [0.3, 0.4) is 0 Å². The van der Waals surface area contributed by atoms with Crippen LogP contribution in [0.15, 0.2) is 0 Å². The van der Waals surface area contributed by atoms with Crippen molar-refractivity contribution in [3.8, 4) is 0 Å². The molecule has 0 fully saturated rings. The molecule has 2 nitrogen and oxygen atoms in total. The highest BCUT2D eigenvalue weighted by atomic mass is 16.5. The number of hydrogen-bond acceptors (Lipinski definition) is 2. The first-order valence-corrected chi connectivity index (χ1v) is 2.40. The molecule has 0 spiro atoms. The molecule has 0 N–H and O–H groups in total. The maximum atomic E-state index is 9.98. The van der Waals surface area contributed by atoms with Gasteiger partial charge in [-0.25, -0.2) is 0 Å². The molecule has 0 aliphatic rings. The second-order valence-corrected chi connectivity index (χ2v) is 1.34. The van der Waals surface area contributed by atoms with Crippen molar-refractivity contribution >= 4 is 5.97 Å². The molecule has 0 aromatic carbocycles. The minimum atomic E-state index is -0.193. The highest BCUT2D eigenvalue weighted by molar-refractivity contribution is 5.65. The molecule has 8 heavy (non-hydrogen) atoms. The van der Waals surface area contributed by atoms with Crippen LogP contribution in [0.1, 0.15) is 27.7 Å². The van der Waals surface area contributed by atoms with Gasteiger partial charge in [0.15, 0.2) is 0 Å². The first-order valence-electron chi connectivity index (χ1n) is 2.40.